The molecule has 3 aromatic rings. The van der Waals surface area contributed by atoms with Crippen LogP contribution in [0.4, 0.5) is 37.7 Å². The summed E-state index contributed by atoms with van der Waals surface area (Å²) in [6, 6.07) is 11.5. The molecule has 0 heterocycles. The minimum absolute atomic E-state index is 0.0300. The van der Waals surface area contributed by atoms with Crippen LogP contribution in [0.15, 0.2) is 69.6 Å². The second-order valence-electron chi connectivity index (χ2n) is 6.88. The van der Waals surface area contributed by atoms with E-state index in [-0.39, 0.29) is 27.4 Å². The normalized spacial score (nSPS) is 11.8. The summed E-state index contributed by atoms with van der Waals surface area (Å²) in [7, 11) is 0. The molecule has 0 saturated heterocycles. The highest BCUT2D eigenvalue weighted by atomic mass is 79.9. The lowest BCUT2D eigenvalue weighted by Crippen LogP contribution is -2.20. The van der Waals surface area contributed by atoms with Crippen LogP contribution in [0, 0.1) is 0 Å². The van der Waals surface area contributed by atoms with E-state index in [9.17, 15) is 35.9 Å². The molecule has 0 radical (unpaired) electrons. The van der Waals surface area contributed by atoms with Gasteiger partial charge in [0, 0.05) is 20.2 Å². The van der Waals surface area contributed by atoms with Crippen LogP contribution in [0.25, 0.3) is 0 Å². The summed E-state index contributed by atoms with van der Waals surface area (Å²) in [6.07, 6.45) is -10.2. The third-order valence-corrected chi connectivity index (χ3v) is 5.50. The molecule has 0 atom stereocenters. The van der Waals surface area contributed by atoms with Crippen molar-refractivity contribution in [2.45, 2.75) is 12.4 Å². The van der Waals surface area contributed by atoms with E-state index in [2.05, 4.69) is 42.5 Å². The molecule has 0 aliphatic heterocycles. The van der Waals surface area contributed by atoms with Crippen LogP contribution in [0.1, 0.15) is 31.8 Å². The Kier molecular flexibility index (Phi) is 7.41. The molecule has 0 spiro atoms. The second kappa shape index (κ2) is 9.79. The van der Waals surface area contributed by atoms with Crippen LogP contribution in [0.2, 0.25) is 0 Å². The zero-order valence-electron chi connectivity index (χ0n) is 16.6. The molecule has 0 bridgehead atoms. The first-order valence-corrected chi connectivity index (χ1v) is 10.8. The number of rotatable bonds is 4. The quantitative estimate of drug-likeness (QED) is 0.297. The number of carbonyl (C=O) groups excluding carboxylic acids is 2. The van der Waals surface area contributed by atoms with E-state index in [0.29, 0.717) is 16.6 Å². The number of benzene rings is 3. The third kappa shape index (κ3) is 6.17. The Hall–Kier alpha value is -2.86. The molecule has 0 unspecified atom stereocenters. The predicted molar refractivity (Wildman–Crippen MR) is 121 cm³/mol. The van der Waals surface area contributed by atoms with Gasteiger partial charge in [-0.1, -0.05) is 34.1 Å². The number of halogens is 8. The molecule has 0 fully saturated rings. The number of anilines is 2. The van der Waals surface area contributed by atoms with E-state index in [1.165, 1.54) is 24.3 Å². The van der Waals surface area contributed by atoms with Crippen molar-refractivity contribution in [2.24, 2.45) is 0 Å². The molecular formula is C22H12Br2F6N2O2. The van der Waals surface area contributed by atoms with Crippen LogP contribution >= 0.6 is 31.9 Å². The van der Waals surface area contributed by atoms with Crippen molar-refractivity contribution in [1.29, 1.82) is 0 Å². The fourth-order valence-electron chi connectivity index (χ4n) is 2.88. The summed E-state index contributed by atoms with van der Waals surface area (Å²) in [5.41, 5.74) is -3.86. The van der Waals surface area contributed by atoms with E-state index >= 15 is 0 Å². The maximum Gasteiger partial charge on any atom is 0.416 e. The number of alkyl halides is 6. The number of amides is 2. The Labute approximate surface area is 205 Å². The second-order valence-corrected chi connectivity index (χ2v) is 8.65. The van der Waals surface area contributed by atoms with Crippen LogP contribution in [0.5, 0.6) is 0 Å². The molecule has 178 valence electrons. The molecule has 12 heteroatoms. The van der Waals surface area contributed by atoms with Gasteiger partial charge in [-0.05, 0) is 58.4 Å². The molecule has 2 amide bonds. The summed E-state index contributed by atoms with van der Waals surface area (Å²) >= 11 is 6.37. The highest BCUT2D eigenvalue weighted by Crippen LogP contribution is 2.38. The molecule has 0 aliphatic carbocycles. The Bertz CT molecular complexity index is 1210. The minimum Gasteiger partial charge on any atom is -0.322 e. The fourth-order valence-corrected chi connectivity index (χ4v) is 4.20. The average Bonchev–Trinajstić information content (AvgIpc) is 2.74. The maximum absolute atomic E-state index is 13.1. The zero-order valence-corrected chi connectivity index (χ0v) is 19.8. The van der Waals surface area contributed by atoms with E-state index < -0.39 is 41.0 Å². The summed E-state index contributed by atoms with van der Waals surface area (Å²) in [5, 5.41) is 4.59. The predicted octanol–water partition coefficient (Wildman–Crippen LogP) is 7.75. The van der Waals surface area contributed by atoms with Crippen LogP contribution in [0.3, 0.4) is 0 Å². The Morgan fingerprint density at radius 2 is 1.26 bits per heavy atom. The van der Waals surface area contributed by atoms with Gasteiger partial charge in [0.2, 0.25) is 0 Å². The highest BCUT2D eigenvalue weighted by Gasteiger charge is 2.37. The van der Waals surface area contributed by atoms with Crippen molar-refractivity contribution in [3.8, 4) is 0 Å². The van der Waals surface area contributed by atoms with Gasteiger partial charge in [0.25, 0.3) is 11.8 Å². The molecule has 34 heavy (non-hydrogen) atoms. The number of hydrogen-bond acceptors (Lipinski definition) is 2. The summed E-state index contributed by atoms with van der Waals surface area (Å²) in [6.45, 7) is 0. The summed E-state index contributed by atoms with van der Waals surface area (Å²) < 4.78 is 79.4. The van der Waals surface area contributed by atoms with E-state index in [1.54, 1.807) is 18.2 Å². The molecule has 3 aromatic carbocycles. The van der Waals surface area contributed by atoms with Crippen LogP contribution < -0.4 is 10.6 Å². The molecule has 0 aliphatic rings. The standard InChI is InChI=1S/C22H12Br2F6N2O2/c23-14-9-16(18(17(24)10-14)32-19(33)11-4-2-1-3-5-11)20(34)31-15-7-12(21(25,26)27)6-13(8-15)22(28,29)30/h1-10H,(H,31,34)(H,32,33). The van der Waals surface area contributed by atoms with Gasteiger partial charge >= 0.3 is 12.4 Å². The smallest absolute Gasteiger partial charge is 0.322 e. The van der Waals surface area contributed by atoms with Gasteiger partial charge in [-0.2, -0.15) is 26.3 Å². The Morgan fingerprint density at radius 3 is 1.79 bits per heavy atom. The van der Waals surface area contributed by atoms with E-state index in [4.69, 9.17) is 0 Å². The lowest BCUT2D eigenvalue weighted by atomic mass is 10.1. The van der Waals surface area contributed by atoms with Crippen molar-refractivity contribution >= 4 is 55.0 Å². The van der Waals surface area contributed by atoms with Crippen LogP contribution in [-0.4, -0.2) is 11.8 Å². The van der Waals surface area contributed by atoms with E-state index in [0.717, 1.165) is 0 Å². The molecule has 4 nitrogen and oxygen atoms in total. The fraction of sp³-hybridized carbons (Fsp3) is 0.0909. The third-order valence-electron chi connectivity index (χ3n) is 4.42. The molecular weight excluding hydrogens is 598 g/mol. The van der Waals surface area contributed by atoms with E-state index in [1.807, 2.05) is 0 Å². The van der Waals surface area contributed by atoms with Gasteiger partial charge in [0.15, 0.2) is 0 Å². The Balaban J connectivity index is 2.00. The maximum atomic E-state index is 13.1. The lowest BCUT2D eigenvalue weighted by molar-refractivity contribution is -0.143. The van der Waals surface area contributed by atoms with Gasteiger partial charge in [-0.15, -0.1) is 0 Å². The van der Waals surface area contributed by atoms with Gasteiger partial charge in [-0.3, -0.25) is 9.59 Å². The minimum atomic E-state index is -5.08. The molecule has 0 saturated carbocycles. The highest BCUT2D eigenvalue weighted by molar-refractivity contribution is 9.11. The molecule has 3 rings (SSSR count). The van der Waals surface area contributed by atoms with Crippen LogP contribution in [-0.2, 0) is 12.4 Å². The number of carbonyl (C=O) groups is 2. The lowest BCUT2D eigenvalue weighted by Gasteiger charge is -2.17. The van der Waals surface area contributed by atoms with Crippen molar-refractivity contribution in [2.75, 3.05) is 10.6 Å². The summed E-state index contributed by atoms with van der Waals surface area (Å²) in [5.74, 6) is -1.63. The first kappa shape index (κ1) is 25.8. The van der Waals surface area contributed by atoms with Gasteiger partial charge < -0.3 is 10.6 Å². The van der Waals surface area contributed by atoms with Crippen molar-refractivity contribution in [3.05, 3.63) is 91.9 Å². The van der Waals surface area contributed by atoms with Crippen molar-refractivity contribution < 1.29 is 35.9 Å². The molecule has 2 N–H and O–H groups in total. The zero-order chi connectivity index (χ0) is 25.3. The van der Waals surface area contributed by atoms with Gasteiger partial charge in [-0.25, -0.2) is 0 Å². The SMILES string of the molecule is O=C(Nc1c(Br)cc(Br)cc1C(=O)Nc1cc(C(F)(F)F)cc(C(F)(F)F)c1)c1ccccc1. The van der Waals surface area contributed by atoms with Crippen molar-refractivity contribution in [1.82, 2.24) is 0 Å². The number of nitrogens with one attached hydrogen (secondary N) is 2. The largest absolute Gasteiger partial charge is 0.416 e. The van der Waals surface area contributed by atoms with Gasteiger partial charge in [0.1, 0.15) is 0 Å². The van der Waals surface area contributed by atoms with Crippen molar-refractivity contribution in [3.63, 3.8) is 0 Å². The number of hydrogen-bond donors (Lipinski definition) is 2. The summed E-state index contributed by atoms with van der Waals surface area (Å²) in [4.78, 5) is 25.5. The first-order valence-electron chi connectivity index (χ1n) is 9.22. The molecule has 0 aromatic heterocycles. The average molecular weight is 610 g/mol. The topological polar surface area (TPSA) is 58.2 Å². The first-order chi connectivity index (χ1) is 15.8. The van der Waals surface area contributed by atoms with Gasteiger partial charge in [0.05, 0.1) is 22.4 Å². The monoisotopic (exact) mass is 608 g/mol. The Morgan fingerprint density at radius 1 is 0.706 bits per heavy atom.